The van der Waals surface area contributed by atoms with Gasteiger partial charge in [-0.3, -0.25) is 0 Å². The number of hydrogen-bond donors (Lipinski definition) is 1. The molecule has 0 unspecified atom stereocenters. The molecule has 0 atom stereocenters. The molecule has 0 spiro atoms. The highest BCUT2D eigenvalue weighted by atomic mass is 15.1. The molecule has 0 saturated carbocycles. The zero-order valence-corrected chi connectivity index (χ0v) is 10.3. The Labute approximate surface area is 107 Å². The lowest BCUT2D eigenvalue weighted by Gasteiger charge is -2.20. The third-order valence-corrected chi connectivity index (χ3v) is 2.81. The van der Waals surface area contributed by atoms with Crippen molar-refractivity contribution in [3.63, 3.8) is 0 Å². The molecule has 0 heterocycles. The Hall–Kier alpha value is -2.47. The molecule has 0 radical (unpaired) electrons. The van der Waals surface area contributed by atoms with Gasteiger partial charge in [-0.05, 0) is 23.8 Å². The van der Waals surface area contributed by atoms with Crippen LogP contribution in [-0.2, 0) is 6.54 Å². The smallest absolute Gasteiger partial charge is 0.101 e. The second kappa shape index (κ2) is 5.24. The van der Waals surface area contributed by atoms with Crippen molar-refractivity contribution in [3.05, 3.63) is 59.7 Å². The van der Waals surface area contributed by atoms with Crippen LogP contribution in [0.15, 0.2) is 48.5 Å². The van der Waals surface area contributed by atoms with Gasteiger partial charge in [0.25, 0.3) is 0 Å². The van der Waals surface area contributed by atoms with Crippen molar-refractivity contribution in [2.24, 2.45) is 0 Å². The summed E-state index contributed by atoms with van der Waals surface area (Å²) >= 11 is 0. The zero-order valence-electron chi connectivity index (χ0n) is 10.3. The number of rotatable bonds is 3. The molecule has 18 heavy (non-hydrogen) atoms. The summed E-state index contributed by atoms with van der Waals surface area (Å²) < 4.78 is 0. The fourth-order valence-electron chi connectivity index (χ4n) is 1.92. The quantitative estimate of drug-likeness (QED) is 0.835. The average Bonchev–Trinajstić information content (AvgIpc) is 2.39. The third kappa shape index (κ3) is 2.61. The summed E-state index contributed by atoms with van der Waals surface area (Å²) in [6, 6.07) is 17.7. The summed E-state index contributed by atoms with van der Waals surface area (Å²) in [7, 11) is 1.97. The normalized spacial score (nSPS) is 9.78. The molecule has 0 aliphatic rings. The first kappa shape index (κ1) is 12.0. The molecule has 0 aliphatic carbocycles. The Balaban J connectivity index is 2.24. The average molecular weight is 237 g/mol. The molecule has 2 rings (SSSR count). The van der Waals surface area contributed by atoms with Gasteiger partial charge in [0, 0.05) is 19.3 Å². The lowest BCUT2D eigenvalue weighted by Crippen LogP contribution is -2.17. The number of nitrogens with two attached hydrogens (primary N) is 1. The van der Waals surface area contributed by atoms with Crippen molar-refractivity contribution in [3.8, 4) is 6.07 Å². The maximum atomic E-state index is 9.13. The van der Waals surface area contributed by atoms with Crippen LogP contribution < -0.4 is 10.6 Å². The Morgan fingerprint density at radius 2 is 1.89 bits per heavy atom. The Kier molecular flexibility index (Phi) is 3.49. The number of anilines is 2. The molecule has 0 aromatic heterocycles. The summed E-state index contributed by atoms with van der Waals surface area (Å²) in [5.41, 5.74) is 9.01. The molecule has 2 N–H and O–H groups in total. The molecule has 2 aromatic rings. The maximum absolute atomic E-state index is 9.13. The summed E-state index contributed by atoms with van der Waals surface area (Å²) in [5, 5.41) is 9.13. The predicted molar refractivity (Wildman–Crippen MR) is 74.1 cm³/mol. The van der Waals surface area contributed by atoms with Crippen molar-refractivity contribution < 1.29 is 0 Å². The molecule has 90 valence electrons. The SMILES string of the molecule is CN(Cc1ccccc1)c1ccc(N)cc1C#N. The highest BCUT2D eigenvalue weighted by Crippen LogP contribution is 2.22. The van der Waals surface area contributed by atoms with E-state index in [4.69, 9.17) is 11.0 Å². The van der Waals surface area contributed by atoms with E-state index in [0.29, 0.717) is 11.3 Å². The second-order valence-corrected chi connectivity index (χ2v) is 4.23. The van der Waals surface area contributed by atoms with E-state index in [1.54, 1.807) is 6.07 Å². The largest absolute Gasteiger partial charge is 0.399 e. The van der Waals surface area contributed by atoms with Gasteiger partial charge in [0.2, 0.25) is 0 Å². The molecule has 3 heteroatoms. The summed E-state index contributed by atoms with van der Waals surface area (Å²) in [6.45, 7) is 0.763. The Morgan fingerprint density at radius 1 is 1.17 bits per heavy atom. The molecule has 2 aromatic carbocycles. The van der Waals surface area contributed by atoms with Gasteiger partial charge in [0.15, 0.2) is 0 Å². The fourth-order valence-corrected chi connectivity index (χ4v) is 1.92. The van der Waals surface area contributed by atoms with E-state index in [1.807, 2.05) is 42.3 Å². The van der Waals surface area contributed by atoms with E-state index in [1.165, 1.54) is 5.56 Å². The van der Waals surface area contributed by atoms with Crippen LogP contribution in [0.1, 0.15) is 11.1 Å². The fraction of sp³-hybridized carbons (Fsp3) is 0.133. The molecular weight excluding hydrogens is 222 g/mol. The van der Waals surface area contributed by atoms with E-state index in [-0.39, 0.29) is 0 Å². The van der Waals surface area contributed by atoms with Crippen LogP contribution in [0.5, 0.6) is 0 Å². The monoisotopic (exact) mass is 237 g/mol. The first-order valence-electron chi connectivity index (χ1n) is 5.75. The number of nitrogens with zero attached hydrogens (tertiary/aromatic N) is 2. The minimum Gasteiger partial charge on any atom is -0.399 e. The maximum Gasteiger partial charge on any atom is 0.101 e. The van der Waals surface area contributed by atoms with Gasteiger partial charge in [-0.15, -0.1) is 0 Å². The molecule has 0 aliphatic heterocycles. The molecule has 0 saturated heterocycles. The van der Waals surface area contributed by atoms with Crippen LogP contribution >= 0.6 is 0 Å². The predicted octanol–water partition coefficient (Wildman–Crippen LogP) is 2.78. The van der Waals surface area contributed by atoms with Gasteiger partial charge in [0.05, 0.1) is 11.3 Å². The first-order valence-corrected chi connectivity index (χ1v) is 5.75. The van der Waals surface area contributed by atoms with Gasteiger partial charge in [-0.1, -0.05) is 30.3 Å². The van der Waals surface area contributed by atoms with E-state index < -0.39 is 0 Å². The molecule has 3 nitrogen and oxygen atoms in total. The van der Waals surface area contributed by atoms with Gasteiger partial charge < -0.3 is 10.6 Å². The third-order valence-electron chi connectivity index (χ3n) is 2.81. The molecule has 0 fully saturated rings. The van der Waals surface area contributed by atoms with Crippen LogP contribution in [0.2, 0.25) is 0 Å². The van der Waals surface area contributed by atoms with Crippen molar-refractivity contribution in [1.29, 1.82) is 5.26 Å². The first-order chi connectivity index (χ1) is 8.70. The number of benzene rings is 2. The zero-order chi connectivity index (χ0) is 13.0. The van der Waals surface area contributed by atoms with E-state index >= 15 is 0 Å². The van der Waals surface area contributed by atoms with Crippen molar-refractivity contribution in [1.82, 2.24) is 0 Å². The molecule has 0 amide bonds. The highest BCUT2D eigenvalue weighted by molar-refractivity contribution is 5.64. The number of nitrogen functional groups attached to an aromatic ring is 1. The van der Waals surface area contributed by atoms with Crippen LogP contribution in [-0.4, -0.2) is 7.05 Å². The lowest BCUT2D eigenvalue weighted by molar-refractivity contribution is 0.921. The van der Waals surface area contributed by atoms with Crippen LogP contribution in [0, 0.1) is 11.3 Å². The topological polar surface area (TPSA) is 53.0 Å². The Bertz CT molecular complexity index is 570. The van der Waals surface area contributed by atoms with E-state index in [9.17, 15) is 0 Å². The molecule has 0 bridgehead atoms. The summed E-state index contributed by atoms with van der Waals surface area (Å²) in [6.07, 6.45) is 0. The van der Waals surface area contributed by atoms with E-state index in [0.717, 1.165) is 12.2 Å². The molecular formula is C15H15N3. The minimum absolute atomic E-state index is 0.605. The van der Waals surface area contributed by atoms with Crippen LogP contribution in [0.25, 0.3) is 0 Å². The lowest BCUT2D eigenvalue weighted by atomic mass is 10.1. The van der Waals surface area contributed by atoms with Crippen molar-refractivity contribution in [2.75, 3.05) is 17.7 Å². The van der Waals surface area contributed by atoms with Crippen molar-refractivity contribution in [2.45, 2.75) is 6.54 Å². The van der Waals surface area contributed by atoms with Crippen LogP contribution in [0.3, 0.4) is 0 Å². The van der Waals surface area contributed by atoms with Crippen molar-refractivity contribution >= 4 is 11.4 Å². The number of hydrogen-bond acceptors (Lipinski definition) is 3. The van der Waals surface area contributed by atoms with E-state index in [2.05, 4.69) is 18.2 Å². The standard InChI is InChI=1S/C15H15N3/c1-18(11-12-5-3-2-4-6-12)15-8-7-14(17)9-13(15)10-16/h2-9H,11,17H2,1H3. The summed E-state index contributed by atoms with van der Waals surface area (Å²) in [5.74, 6) is 0. The Morgan fingerprint density at radius 3 is 2.56 bits per heavy atom. The van der Waals surface area contributed by atoms with Crippen LogP contribution in [0.4, 0.5) is 11.4 Å². The second-order valence-electron chi connectivity index (χ2n) is 4.23. The van der Waals surface area contributed by atoms with Gasteiger partial charge in [-0.2, -0.15) is 5.26 Å². The summed E-state index contributed by atoms with van der Waals surface area (Å²) in [4.78, 5) is 2.05. The van der Waals surface area contributed by atoms with Gasteiger partial charge >= 0.3 is 0 Å². The van der Waals surface area contributed by atoms with Gasteiger partial charge in [-0.25, -0.2) is 0 Å². The minimum atomic E-state index is 0.605. The number of nitriles is 1. The highest BCUT2D eigenvalue weighted by Gasteiger charge is 2.08. The van der Waals surface area contributed by atoms with Gasteiger partial charge in [0.1, 0.15) is 6.07 Å².